The minimum atomic E-state index is 0.677. The van der Waals surface area contributed by atoms with Crippen molar-refractivity contribution in [2.75, 3.05) is 0 Å². The van der Waals surface area contributed by atoms with Crippen LogP contribution in [0.2, 0.25) is 0 Å². The fourth-order valence-corrected chi connectivity index (χ4v) is 3.01. The molecule has 2 rings (SSSR count). The Morgan fingerprint density at radius 2 is 2.12 bits per heavy atom. The topological polar surface area (TPSA) is 24.9 Å². The molecule has 94 valence electrons. The number of halogens is 1. The van der Waals surface area contributed by atoms with Gasteiger partial charge in [0, 0.05) is 29.5 Å². The van der Waals surface area contributed by atoms with Crippen molar-refractivity contribution in [1.82, 2.24) is 10.3 Å². The van der Waals surface area contributed by atoms with E-state index in [0.717, 1.165) is 16.9 Å². The second kappa shape index (κ2) is 6.50. The molecule has 1 aliphatic rings. The van der Waals surface area contributed by atoms with Gasteiger partial charge in [0.2, 0.25) is 0 Å². The highest BCUT2D eigenvalue weighted by Crippen LogP contribution is 2.23. The fraction of sp³-hybridized carbons (Fsp3) is 0.643. The van der Waals surface area contributed by atoms with E-state index in [1.807, 2.05) is 12.4 Å². The molecule has 0 aromatic carbocycles. The maximum Gasteiger partial charge on any atom is 0.0410 e. The van der Waals surface area contributed by atoms with Gasteiger partial charge in [-0.1, -0.05) is 26.2 Å². The van der Waals surface area contributed by atoms with E-state index in [0.29, 0.717) is 6.04 Å². The highest BCUT2D eigenvalue weighted by Gasteiger charge is 2.18. The van der Waals surface area contributed by atoms with Gasteiger partial charge in [-0.15, -0.1) is 0 Å². The summed E-state index contributed by atoms with van der Waals surface area (Å²) in [5, 5.41) is 3.69. The predicted octanol–water partition coefficient (Wildman–Crippen LogP) is 3.90. The van der Waals surface area contributed by atoms with Crippen molar-refractivity contribution in [3.63, 3.8) is 0 Å². The van der Waals surface area contributed by atoms with Crippen LogP contribution >= 0.6 is 15.9 Å². The number of pyridine rings is 1. The monoisotopic (exact) mass is 296 g/mol. The summed E-state index contributed by atoms with van der Waals surface area (Å²) in [7, 11) is 0. The van der Waals surface area contributed by atoms with Crippen molar-refractivity contribution in [3.05, 3.63) is 28.5 Å². The van der Waals surface area contributed by atoms with Crippen molar-refractivity contribution in [1.29, 1.82) is 0 Å². The quantitative estimate of drug-likeness (QED) is 0.856. The first-order valence-corrected chi connectivity index (χ1v) is 7.38. The van der Waals surface area contributed by atoms with Crippen molar-refractivity contribution in [3.8, 4) is 0 Å². The largest absolute Gasteiger partial charge is 0.310 e. The highest BCUT2D eigenvalue weighted by atomic mass is 79.9. The summed E-state index contributed by atoms with van der Waals surface area (Å²) in [4.78, 5) is 4.20. The van der Waals surface area contributed by atoms with Gasteiger partial charge in [-0.3, -0.25) is 4.98 Å². The van der Waals surface area contributed by atoms with Crippen LogP contribution in [-0.4, -0.2) is 11.0 Å². The summed E-state index contributed by atoms with van der Waals surface area (Å²) in [6.07, 6.45) is 10.6. The zero-order valence-corrected chi connectivity index (χ0v) is 12.0. The molecule has 1 aromatic rings. The molecule has 1 saturated carbocycles. The summed E-state index contributed by atoms with van der Waals surface area (Å²) in [5.41, 5.74) is 1.26. The van der Waals surface area contributed by atoms with Crippen molar-refractivity contribution < 1.29 is 0 Å². The summed E-state index contributed by atoms with van der Waals surface area (Å²) >= 11 is 3.46. The average Bonchev–Trinajstić information content (AvgIpc) is 2.52. The van der Waals surface area contributed by atoms with Gasteiger partial charge in [-0.25, -0.2) is 0 Å². The molecule has 2 nitrogen and oxygen atoms in total. The minimum Gasteiger partial charge on any atom is -0.310 e. The first-order valence-electron chi connectivity index (χ1n) is 6.58. The van der Waals surface area contributed by atoms with Crippen molar-refractivity contribution in [2.45, 2.75) is 51.6 Å². The molecule has 1 aliphatic carbocycles. The van der Waals surface area contributed by atoms with E-state index in [1.54, 1.807) is 0 Å². The van der Waals surface area contributed by atoms with Gasteiger partial charge >= 0.3 is 0 Å². The predicted molar refractivity (Wildman–Crippen MR) is 74.8 cm³/mol. The number of rotatable bonds is 3. The molecule has 0 saturated heterocycles. The SMILES string of the molecule is CC1CCCCCC1NCc1cncc(Br)c1. The van der Waals surface area contributed by atoms with Gasteiger partial charge in [0.1, 0.15) is 0 Å². The molecule has 0 amide bonds. The van der Waals surface area contributed by atoms with Crippen molar-refractivity contribution >= 4 is 15.9 Å². The van der Waals surface area contributed by atoms with E-state index in [-0.39, 0.29) is 0 Å². The van der Waals surface area contributed by atoms with E-state index in [2.05, 4.69) is 39.2 Å². The van der Waals surface area contributed by atoms with E-state index in [4.69, 9.17) is 0 Å². The summed E-state index contributed by atoms with van der Waals surface area (Å²) < 4.78 is 1.06. The second-order valence-electron chi connectivity index (χ2n) is 5.11. The van der Waals surface area contributed by atoms with Crippen LogP contribution in [0.5, 0.6) is 0 Å². The van der Waals surface area contributed by atoms with Crippen molar-refractivity contribution in [2.24, 2.45) is 5.92 Å². The van der Waals surface area contributed by atoms with E-state index >= 15 is 0 Å². The van der Waals surface area contributed by atoms with Crippen LogP contribution in [0.15, 0.2) is 22.9 Å². The molecule has 0 aliphatic heterocycles. The Labute approximate surface area is 112 Å². The molecule has 1 aromatic heterocycles. The Balaban J connectivity index is 1.88. The van der Waals surface area contributed by atoms with Crippen LogP contribution in [-0.2, 0) is 6.54 Å². The second-order valence-corrected chi connectivity index (χ2v) is 6.03. The molecule has 3 heteroatoms. The van der Waals surface area contributed by atoms with E-state index in [9.17, 15) is 0 Å². The normalized spacial score (nSPS) is 25.5. The molecule has 1 N–H and O–H groups in total. The molecule has 0 spiro atoms. The number of aromatic nitrogens is 1. The van der Waals surface area contributed by atoms with E-state index < -0.39 is 0 Å². The van der Waals surface area contributed by atoms with Crippen LogP contribution in [0.1, 0.15) is 44.6 Å². The Morgan fingerprint density at radius 3 is 2.94 bits per heavy atom. The first-order chi connectivity index (χ1) is 8.25. The molecule has 0 bridgehead atoms. The molecule has 0 radical (unpaired) electrons. The summed E-state index contributed by atoms with van der Waals surface area (Å²) in [6, 6.07) is 2.82. The number of hydrogen-bond donors (Lipinski definition) is 1. The third-order valence-corrected chi connectivity index (χ3v) is 4.13. The molecule has 2 unspecified atom stereocenters. The smallest absolute Gasteiger partial charge is 0.0410 e. The third kappa shape index (κ3) is 4.07. The van der Waals surface area contributed by atoms with Gasteiger partial charge in [0.15, 0.2) is 0 Å². The lowest BCUT2D eigenvalue weighted by Crippen LogP contribution is -2.33. The maximum absolute atomic E-state index is 4.20. The number of nitrogens with one attached hydrogen (secondary N) is 1. The Bertz CT molecular complexity index is 354. The van der Waals surface area contributed by atoms with Crippen LogP contribution in [0, 0.1) is 5.92 Å². The van der Waals surface area contributed by atoms with E-state index in [1.165, 1.54) is 37.7 Å². The molecular formula is C14H21BrN2. The Morgan fingerprint density at radius 1 is 1.29 bits per heavy atom. The molecular weight excluding hydrogens is 276 g/mol. The standard InChI is InChI=1S/C14H21BrN2/c1-11-5-3-2-4-6-14(11)17-9-12-7-13(15)10-16-8-12/h7-8,10-11,14,17H,2-6,9H2,1H3. The highest BCUT2D eigenvalue weighted by molar-refractivity contribution is 9.10. The van der Waals surface area contributed by atoms with Crippen LogP contribution in [0.3, 0.4) is 0 Å². The summed E-state index contributed by atoms with van der Waals surface area (Å²) in [6.45, 7) is 3.31. The summed E-state index contributed by atoms with van der Waals surface area (Å²) in [5.74, 6) is 0.803. The van der Waals surface area contributed by atoms with Crippen LogP contribution in [0.25, 0.3) is 0 Å². The van der Waals surface area contributed by atoms with Gasteiger partial charge < -0.3 is 5.32 Å². The minimum absolute atomic E-state index is 0.677. The number of hydrogen-bond acceptors (Lipinski definition) is 2. The number of nitrogens with zero attached hydrogens (tertiary/aromatic N) is 1. The van der Waals surface area contributed by atoms with Gasteiger partial charge in [-0.05, 0) is 46.3 Å². The van der Waals surface area contributed by atoms with Gasteiger partial charge in [-0.2, -0.15) is 0 Å². The zero-order chi connectivity index (χ0) is 12.1. The molecule has 17 heavy (non-hydrogen) atoms. The van der Waals surface area contributed by atoms with Gasteiger partial charge in [0.25, 0.3) is 0 Å². The lowest BCUT2D eigenvalue weighted by molar-refractivity contribution is 0.356. The van der Waals surface area contributed by atoms with Gasteiger partial charge in [0.05, 0.1) is 0 Å². The van der Waals surface area contributed by atoms with Crippen LogP contribution in [0.4, 0.5) is 0 Å². The lowest BCUT2D eigenvalue weighted by atomic mass is 9.97. The Kier molecular flexibility index (Phi) is 4.99. The third-order valence-electron chi connectivity index (χ3n) is 3.69. The zero-order valence-electron chi connectivity index (χ0n) is 10.5. The first kappa shape index (κ1) is 13.0. The Hall–Kier alpha value is -0.410. The molecule has 2 atom stereocenters. The maximum atomic E-state index is 4.20. The molecule has 1 heterocycles. The average molecular weight is 297 g/mol. The lowest BCUT2D eigenvalue weighted by Gasteiger charge is -2.22. The van der Waals surface area contributed by atoms with Crippen LogP contribution < -0.4 is 5.32 Å². The fourth-order valence-electron chi connectivity index (χ4n) is 2.60. The molecule has 1 fully saturated rings.